The largest absolute Gasteiger partial charge is 0.443 e. The molecule has 182 valence electrons. The fourth-order valence-corrected chi connectivity index (χ4v) is 6.16. The van der Waals surface area contributed by atoms with Crippen molar-refractivity contribution in [2.75, 3.05) is 18.5 Å². The molecule has 0 spiro atoms. The predicted octanol–water partition coefficient (Wildman–Crippen LogP) is 5.85. The summed E-state index contributed by atoms with van der Waals surface area (Å²) in [4.78, 5) is 18.6. The van der Waals surface area contributed by atoms with Gasteiger partial charge in [0.15, 0.2) is 0 Å². The van der Waals surface area contributed by atoms with Gasteiger partial charge in [-0.15, -0.1) is 11.3 Å². The first-order valence-electron chi connectivity index (χ1n) is 11.5. The standard InChI is InChI=1S/C24H35N3O4S2/c1-6-8-16(7-2)22-25-14-20(32-22)19-10-9-17(13-21(19)33(29)27-24(3,4)5)26-23(28)31-18-11-12-30-15-18/h9-10,13-14,16,18,27H,6-8,11-12,15H2,1-5H3,(H,26,28)/t16-,18?,33?/m1/s1. The quantitative estimate of drug-likeness (QED) is 0.457. The lowest BCUT2D eigenvalue weighted by Crippen LogP contribution is -2.37. The van der Waals surface area contributed by atoms with Crippen LogP contribution in [0.1, 0.15) is 71.2 Å². The van der Waals surface area contributed by atoms with Gasteiger partial charge in [-0.2, -0.15) is 0 Å². The molecule has 1 amide bonds. The van der Waals surface area contributed by atoms with E-state index in [0.29, 0.717) is 36.1 Å². The molecule has 0 aliphatic carbocycles. The van der Waals surface area contributed by atoms with E-state index < -0.39 is 17.1 Å². The Balaban J connectivity index is 1.88. The molecule has 1 saturated heterocycles. The number of carbonyl (C=O) groups is 1. The normalized spacial score (nSPS) is 18.2. The first-order chi connectivity index (χ1) is 15.7. The Morgan fingerprint density at radius 3 is 2.79 bits per heavy atom. The average molecular weight is 494 g/mol. The number of amides is 1. The van der Waals surface area contributed by atoms with Gasteiger partial charge in [0.05, 0.1) is 28.0 Å². The number of benzene rings is 1. The van der Waals surface area contributed by atoms with Gasteiger partial charge >= 0.3 is 6.09 Å². The third kappa shape index (κ3) is 7.34. The van der Waals surface area contributed by atoms with E-state index in [0.717, 1.165) is 34.7 Å². The van der Waals surface area contributed by atoms with Crippen LogP contribution in [0.15, 0.2) is 29.3 Å². The van der Waals surface area contributed by atoms with E-state index in [9.17, 15) is 9.00 Å². The van der Waals surface area contributed by atoms with Crippen LogP contribution in [-0.4, -0.2) is 40.1 Å². The van der Waals surface area contributed by atoms with E-state index >= 15 is 0 Å². The number of ether oxygens (including phenoxy) is 2. The van der Waals surface area contributed by atoms with Gasteiger partial charge in [-0.05, 0) is 45.7 Å². The molecular weight excluding hydrogens is 458 g/mol. The van der Waals surface area contributed by atoms with Crippen molar-refractivity contribution in [1.29, 1.82) is 0 Å². The zero-order chi connectivity index (χ0) is 24.0. The maximum absolute atomic E-state index is 13.3. The molecule has 3 rings (SSSR count). The van der Waals surface area contributed by atoms with Crippen LogP contribution in [0.25, 0.3) is 10.4 Å². The minimum absolute atomic E-state index is 0.231. The van der Waals surface area contributed by atoms with Gasteiger partial charge in [0.2, 0.25) is 0 Å². The van der Waals surface area contributed by atoms with Crippen LogP contribution in [0.5, 0.6) is 0 Å². The van der Waals surface area contributed by atoms with Crippen molar-refractivity contribution in [2.45, 2.75) is 82.8 Å². The fraction of sp³-hybridized carbons (Fsp3) is 0.583. The monoisotopic (exact) mass is 493 g/mol. The third-order valence-corrected chi connectivity index (χ3v) is 7.98. The number of aromatic nitrogens is 1. The summed E-state index contributed by atoms with van der Waals surface area (Å²) >= 11 is 1.65. The maximum Gasteiger partial charge on any atom is 0.411 e. The summed E-state index contributed by atoms with van der Waals surface area (Å²) in [7, 11) is -1.48. The minimum Gasteiger partial charge on any atom is -0.443 e. The Labute approximate surface area is 203 Å². The Hall–Kier alpha value is -1.81. The zero-order valence-corrected chi connectivity index (χ0v) is 21.7. The van der Waals surface area contributed by atoms with Crippen molar-refractivity contribution in [1.82, 2.24) is 9.71 Å². The van der Waals surface area contributed by atoms with E-state index in [1.807, 2.05) is 39.1 Å². The molecule has 2 unspecified atom stereocenters. The highest BCUT2D eigenvalue weighted by Gasteiger charge is 2.23. The number of anilines is 1. The summed E-state index contributed by atoms with van der Waals surface area (Å²) < 4.78 is 27.1. The number of rotatable bonds is 9. The van der Waals surface area contributed by atoms with E-state index in [4.69, 9.17) is 9.47 Å². The number of nitrogens with zero attached hydrogens (tertiary/aromatic N) is 1. The first kappa shape index (κ1) is 25.8. The summed E-state index contributed by atoms with van der Waals surface area (Å²) in [5, 5.41) is 3.87. The highest BCUT2D eigenvalue weighted by Crippen LogP contribution is 2.37. The van der Waals surface area contributed by atoms with Crippen LogP contribution in [0, 0.1) is 0 Å². The van der Waals surface area contributed by atoms with Gasteiger partial charge in [0.1, 0.15) is 17.1 Å². The van der Waals surface area contributed by atoms with Crippen molar-refractivity contribution >= 4 is 34.1 Å². The molecule has 1 fully saturated rings. The van der Waals surface area contributed by atoms with Gasteiger partial charge in [-0.1, -0.05) is 26.3 Å². The summed E-state index contributed by atoms with van der Waals surface area (Å²) in [6.07, 6.45) is 5.05. The molecule has 1 aliphatic rings. The second-order valence-electron chi connectivity index (χ2n) is 9.30. The zero-order valence-electron chi connectivity index (χ0n) is 20.1. The molecule has 7 nitrogen and oxygen atoms in total. The van der Waals surface area contributed by atoms with Crippen molar-refractivity contribution in [3.63, 3.8) is 0 Å². The van der Waals surface area contributed by atoms with Gasteiger partial charge in [-0.25, -0.2) is 18.7 Å². The molecule has 1 aliphatic heterocycles. The van der Waals surface area contributed by atoms with Crippen molar-refractivity contribution in [3.05, 3.63) is 29.4 Å². The summed E-state index contributed by atoms with van der Waals surface area (Å²) in [6, 6.07) is 5.45. The molecule has 2 heterocycles. The Kier molecular flexibility index (Phi) is 9.03. The SMILES string of the molecule is CCC[C@@H](CC)c1ncc(-c2ccc(NC(=O)OC3CCOC3)cc2S(=O)NC(C)(C)C)s1. The number of hydrogen-bond donors (Lipinski definition) is 2. The lowest BCUT2D eigenvalue weighted by Gasteiger charge is -2.21. The van der Waals surface area contributed by atoms with E-state index in [1.54, 1.807) is 17.4 Å². The van der Waals surface area contributed by atoms with Crippen molar-refractivity contribution in [3.8, 4) is 10.4 Å². The van der Waals surface area contributed by atoms with Crippen LogP contribution >= 0.6 is 11.3 Å². The smallest absolute Gasteiger partial charge is 0.411 e. The molecule has 0 radical (unpaired) electrons. The maximum atomic E-state index is 13.3. The van der Waals surface area contributed by atoms with Gasteiger partial charge in [0.25, 0.3) is 0 Å². The number of thiazole rings is 1. The highest BCUT2D eigenvalue weighted by atomic mass is 32.2. The minimum atomic E-state index is -1.48. The topological polar surface area (TPSA) is 89.6 Å². The summed E-state index contributed by atoms with van der Waals surface area (Å²) in [6.45, 7) is 11.3. The predicted molar refractivity (Wildman–Crippen MR) is 134 cm³/mol. The molecule has 2 aromatic rings. The molecule has 1 aromatic heterocycles. The third-order valence-electron chi connectivity index (χ3n) is 5.26. The van der Waals surface area contributed by atoms with E-state index in [-0.39, 0.29) is 11.6 Å². The number of nitrogens with one attached hydrogen (secondary N) is 2. The van der Waals surface area contributed by atoms with Gasteiger partial charge in [0, 0.05) is 35.3 Å². The van der Waals surface area contributed by atoms with Crippen LogP contribution in [0.2, 0.25) is 0 Å². The van der Waals surface area contributed by atoms with Crippen molar-refractivity contribution in [2.24, 2.45) is 0 Å². The van der Waals surface area contributed by atoms with Crippen LogP contribution in [0.3, 0.4) is 0 Å². The molecule has 3 atom stereocenters. The molecule has 2 N–H and O–H groups in total. The molecule has 9 heteroatoms. The van der Waals surface area contributed by atoms with Crippen LogP contribution < -0.4 is 10.0 Å². The average Bonchev–Trinajstić information content (AvgIpc) is 3.43. The van der Waals surface area contributed by atoms with E-state index in [2.05, 4.69) is 28.9 Å². The molecule has 0 saturated carbocycles. The fourth-order valence-electron chi connectivity index (χ4n) is 3.65. The van der Waals surface area contributed by atoms with Crippen molar-refractivity contribution < 1.29 is 18.5 Å². The van der Waals surface area contributed by atoms with Crippen LogP contribution in [0.4, 0.5) is 10.5 Å². The molecule has 0 bridgehead atoms. The molecule has 33 heavy (non-hydrogen) atoms. The Bertz CT molecular complexity index is 965. The number of hydrogen-bond acceptors (Lipinski definition) is 6. The first-order valence-corrected chi connectivity index (χ1v) is 13.5. The lowest BCUT2D eigenvalue weighted by molar-refractivity contribution is 0.0932. The molecule has 1 aromatic carbocycles. The number of carbonyl (C=O) groups excluding carboxylic acids is 1. The Morgan fingerprint density at radius 1 is 1.36 bits per heavy atom. The second kappa shape index (κ2) is 11.6. The highest BCUT2D eigenvalue weighted by molar-refractivity contribution is 7.83. The lowest BCUT2D eigenvalue weighted by atomic mass is 10.0. The van der Waals surface area contributed by atoms with Gasteiger partial charge in [-0.3, -0.25) is 5.32 Å². The van der Waals surface area contributed by atoms with Gasteiger partial charge < -0.3 is 9.47 Å². The van der Waals surface area contributed by atoms with Crippen LogP contribution in [-0.2, 0) is 20.5 Å². The summed E-state index contributed by atoms with van der Waals surface area (Å²) in [5.74, 6) is 0.436. The second-order valence-corrected chi connectivity index (χ2v) is 11.5. The van der Waals surface area contributed by atoms with E-state index in [1.165, 1.54) is 0 Å². The molecular formula is C24H35N3O4S2. The Morgan fingerprint density at radius 2 is 2.15 bits per heavy atom. The summed E-state index contributed by atoms with van der Waals surface area (Å²) in [5.41, 5.74) is 1.03.